The summed E-state index contributed by atoms with van der Waals surface area (Å²) in [6.07, 6.45) is 1.52. The summed E-state index contributed by atoms with van der Waals surface area (Å²) in [5.74, 6) is 1.60. The van der Waals surface area contributed by atoms with E-state index >= 15 is 0 Å². The number of nitrogens with zero attached hydrogens (tertiary/aromatic N) is 2. The smallest absolute Gasteiger partial charge is 0.234 e. The Hall–Kier alpha value is -1.83. The van der Waals surface area contributed by atoms with Crippen molar-refractivity contribution in [3.63, 3.8) is 0 Å². The van der Waals surface area contributed by atoms with E-state index in [0.29, 0.717) is 22.3 Å². The molecule has 1 amide bonds. The molecule has 0 fully saturated rings. The first-order chi connectivity index (χ1) is 11.2. The lowest BCUT2D eigenvalue weighted by atomic mass is 10.3. The van der Waals surface area contributed by atoms with Crippen LogP contribution in [0.1, 0.15) is 5.69 Å². The standard InChI is InChI=1S/C15H12ClN3O2S2/c16-14-4-3-10(7-17-14)18-15(20)9-22-8-11-6-12(21-19-11)13-2-1-5-23-13/h1-7H,8-9H2,(H,18,20). The Labute approximate surface area is 146 Å². The molecule has 1 N–H and O–H groups in total. The average molecular weight is 366 g/mol. The maximum atomic E-state index is 11.8. The van der Waals surface area contributed by atoms with Gasteiger partial charge >= 0.3 is 0 Å². The van der Waals surface area contributed by atoms with Crippen molar-refractivity contribution < 1.29 is 9.32 Å². The van der Waals surface area contributed by atoms with Crippen molar-refractivity contribution >= 4 is 46.3 Å². The third-order valence-corrected chi connectivity index (χ3v) is 4.89. The van der Waals surface area contributed by atoms with E-state index in [2.05, 4.69) is 15.5 Å². The first-order valence-corrected chi connectivity index (χ1v) is 9.10. The molecule has 118 valence electrons. The van der Waals surface area contributed by atoms with Gasteiger partial charge in [-0.05, 0) is 23.6 Å². The molecule has 0 bridgehead atoms. The van der Waals surface area contributed by atoms with Gasteiger partial charge in [-0.1, -0.05) is 22.8 Å². The molecule has 5 nitrogen and oxygen atoms in total. The summed E-state index contributed by atoms with van der Waals surface area (Å²) in [5.41, 5.74) is 1.45. The quantitative estimate of drug-likeness (QED) is 0.659. The molecule has 0 unspecified atom stereocenters. The van der Waals surface area contributed by atoms with E-state index in [1.54, 1.807) is 23.5 Å². The predicted molar refractivity (Wildman–Crippen MR) is 93.9 cm³/mol. The topological polar surface area (TPSA) is 68.0 Å². The van der Waals surface area contributed by atoms with Gasteiger partial charge in [0.15, 0.2) is 5.76 Å². The van der Waals surface area contributed by atoms with E-state index in [1.165, 1.54) is 18.0 Å². The van der Waals surface area contributed by atoms with Gasteiger partial charge < -0.3 is 9.84 Å². The van der Waals surface area contributed by atoms with Crippen molar-refractivity contribution in [3.05, 3.63) is 52.8 Å². The predicted octanol–water partition coefficient (Wildman–Crippen LogP) is 4.32. The first kappa shape index (κ1) is 16.0. The number of anilines is 1. The van der Waals surface area contributed by atoms with Crippen LogP contribution < -0.4 is 5.32 Å². The number of pyridine rings is 1. The van der Waals surface area contributed by atoms with Crippen molar-refractivity contribution in [2.45, 2.75) is 5.75 Å². The number of nitrogens with one attached hydrogen (secondary N) is 1. The molecule has 0 saturated heterocycles. The molecule has 3 aromatic rings. The Balaban J connectivity index is 1.46. The van der Waals surface area contributed by atoms with Crippen molar-refractivity contribution in [2.75, 3.05) is 11.1 Å². The highest BCUT2D eigenvalue weighted by Crippen LogP contribution is 2.26. The van der Waals surface area contributed by atoms with Crippen LogP contribution in [0.25, 0.3) is 10.6 Å². The monoisotopic (exact) mass is 365 g/mol. The second-order valence-electron chi connectivity index (χ2n) is 4.57. The summed E-state index contributed by atoms with van der Waals surface area (Å²) in [4.78, 5) is 16.8. The van der Waals surface area contributed by atoms with Gasteiger partial charge in [0.25, 0.3) is 0 Å². The van der Waals surface area contributed by atoms with E-state index in [4.69, 9.17) is 16.1 Å². The molecule has 0 aliphatic carbocycles. The molecule has 23 heavy (non-hydrogen) atoms. The summed E-state index contributed by atoms with van der Waals surface area (Å²) in [6.45, 7) is 0. The second kappa shape index (κ2) is 7.63. The number of halogens is 1. The van der Waals surface area contributed by atoms with Crippen LogP contribution in [0.3, 0.4) is 0 Å². The lowest BCUT2D eigenvalue weighted by Gasteiger charge is -2.03. The van der Waals surface area contributed by atoms with Crippen LogP contribution in [0.2, 0.25) is 5.15 Å². The molecule has 8 heteroatoms. The molecule has 0 aliphatic rings. The number of thiophene rings is 1. The summed E-state index contributed by atoms with van der Waals surface area (Å²) in [5, 5.41) is 9.16. The van der Waals surface area contributed by atoms with Crippen LogP contribution in [0, 0.1) is 0 Å². The molecule has 0 aliphatic heterocycles. The van der Waals surface area contributed by atoms with Crippen LogP contribution in [0.4, 0.5) is 5.69 Å². The molecule has 0 aromatic carbocycles. The molecule has 0 spiro atoms. The number of carbonyl (C=O) groups excluding carboxylic acids is 1. The van der Waals surface area contributed by atoms with Crippen molar-refractivity contribution in [1.29, 1.82) is 0 Å². The summed E-state index contributed by atoms with van der Waals surface area (Å²) in [6, 6.07) is 9.19. The number of amides is 1. The lowest BCUT2D eigenvalue weighted by Crippen LogP contribution is -2.14. The maximum absolute atomic E-state index is 11.8. The number of hydrogen-bond acceptors (Lipinski definition) is 6. The molecular weight excluding hydrogens is 354 g/mol. The van der Waals surface area contributed by atoms with Crippen LogP contribution >= 0.6 is 34.7 Å². The van der Waals surface area contributed by atoms with Crippen LogP contribution in [-0.2, 0) is 10.5 Å². The van der Waals surface area contributed by atoms with Gasteiger partial charge in [-0.2, -0.15) is 0 Å². The first-order valence-electron chi connectivity index (χ1n) is 6.69. The Bertz CT molecular complexity index is 772. The normalized spacial score (nSPS) is 10.7. The minimum absolute atomic E-state index is 0.0962. The van der Waals surface area contributed by atoms with E-state index < -0.39 is 0 Å². The number of aromatic nitrogens is 2. The van der Waals surface area contributed by atoms with Gasteiger partial charge in [-0.15, -0.1) is 23.1 Å². The Kier molecular flexibility index (Phi) is 5.32. The van der Waals surface area contributed by atoms with E-state index in [-0.39, 0.29) is 5.91 Å². The average Bonchev–Trinajstić information content (AvgIpc) is 3.20. The number of thioether (sulfide) groups is 1. The van der Waals surface area contributed by atoms with E-state index in [0.717, 1.165) is 16.3 Å². The third-order valence-electron chi connectivity index (χ3n) is 2.82. The minimum Gasteiger partial charge on any atom is -0.355 e. The van der Waals surface area contributed by atoms with Crippen molar-refractivity contribution in [2.24, 2.45) is 0 Å². The summed E-state index contributed by atoms with van der Waals surface area (Å²) < 4.78 is 5.30. The van der Waals surface area contributed by atoms with Crippen LogP contribution in [-0.4, -0.2) is 21.8 Å². The molecule has 3 rings (SSSR count). The largest absolute Gasteiger partial charge is 0.355 e. The van der Waals surface area contributed by atoms with Crippen LogP contribution in [0.5, 0.6) is 0 Å². The van der Waals surface area contributed by atoms with Crippen LogP contribution in [0.15, 0.2) is 46.4 Å². The second-order valence-corrected chi connectivity index (χ2v) is 6.89. The minimum atomic E-state index is -0.0962. The Morgan fingerprint density at radius 1 is 1.39 bits per heavy atom. The van der Waals surface area contributed by atoms with Gasteiger partial charge in [0, 0.05) is 11.8 Å². The highest BCUT2D eigenvalue weighted by atomic mass is 35.5. The zero-order valence-electron chi connectivity index (χ0n) is 11.9. The molecule has 0 atom stereocenters. The fourth-order valence-electron chi connectivity index (χ4n) is 1.81. The van der Waals surface area contributed by atoms with Gasteiger partial charge in [-0.3, -0.25) is 4.79 Å². The highest BCUT2D eigenvalue weighted by Gasteiger charge is 2.09. The number of rotatable bonds is 6. The molecule has 3 heterocycles. The zero-order chi connectivity index (χ0) is 16.1. The van der Waals surface area contributed by atoms with Gasteiger partial charge in [0.1, 0.15) is 5.15 Å². The van der Waals surface area contributed by atoms with Crippen molar-refractivity contribution in [1.82, 2.24) is 10.1 Å². The highest BCUT2D eigenvalue weighted by molar-refractivity contribution is 7.99. The molecule has 0 saturated carbocycles. The summed E-state index contributed by atoms with van der Waals surface area (Å²) in [7, 11) is 0. The van der Waals surface area contributed by atoms with Gasteiger partial charge in [0.2, 0.25) is 5.91 Å². The Morgan fingerprint density at radius 2 is 2.30 bits per heavy atom. The Morgan fingerprint density at radius 3 is 3.04 bits per heavy atom. The fraction of sp³-hybridized carbons (Fsp3) is 0.133. The SMILES string of the molecule is O=C(CSCc1cc(-c2cccs2)on1)Nc1ccc(Cl)nc1. The zero-order valence-corrected chi connectivity index (χ0v) is 14.2. The lowest BCUT2D eigenvalue weighted by molar-refractivity contribution is -0.113. The number of carbonyl (C=O) groups is 1. The molecule has 0 radical (unpaired) electrons. The maximum Gasteiger partial charge on any atom is 0.234 e. The fourth-order valence-corrected chi connectivity index (χ4v) is 3.30. The van der Waals surface area contributed by atoms with Crippen molar-refractivity contribution in [3.8, 4) is 10.6 Å². The van der Waals surface area contributed by atoms with Gasteiger partial charge in [0.05, 0.1) is 28.2 Å². The summed E-state index contributed by atoms with van der Waals surface area (Å²) >= 11 is 8.77. The van der Waals surface area contributed by atoms with Gasteiger partial charge in [-0.25, -0.2) is 4.98 Å². The number of hydrogen-bond donors (Lipinski definition) is 1. The van der Waals surface area contributed by atoms with E-state index in [9.17, 15) is 4.79 Å². The van der Waals surface area contributed by atoms with E-state index in [1.807, 2.05) is 23.6 Å². The molecule has 3 aromatic heterocycles. The third kappa shape index (κ3) is 4.57. The molecular formula is C15H12ClN3O2S2.